The third-order valence-corrected chi connectivity index (χ3v) is 5.45. The molecule has 3 aliphatic rings. The van der Waals surface area contributed by atoms with Crippen LogP contribution in [0.25, 0.3) is 0 Å². The predicted molar refractivity (Wildman–Crippen MR) is 82.9 cm³/mol. The first-order valence-corrected chi connectivity index (χ1v) is 7.94. The van der Waals surface area contributed by atoms with E-state index in [2.05, 4.69) is 29.2 Å². The number of benzene rings is 1. The molecule has 0 N–H and O–H groups in total. The van der Waals surface area contributed by atoms with Gasteiger partial charge in [-0.2, -0.15) is 0 Å². The van der Waals surface area contributed by atoms with Gasteiger partial charge < -0.3 is 9.47 Å². The van der Waals surface area contributed by atoms with Crippen molar-refractivity contribution in [3.05, 3.63) is 41.0 Å². The van der Waals surface area contributed by atoms with Crippen LogP contribution in [-0.2, 0) is 11.2 Å². The molecular weight excluding hydrogens is 262 g/mol. The number of methoxy groups -OCH3 is 2. The summed E-state index contributed by atoms with van der Waals surface area (Å²) >= 11 is 0. The average Bonchev–Trinajstić information content (AvgIpc) is 2.87. The van der Waals surface area contributed by atoms with Gasteiger partial charge in [-0.15, -0.1) is 0 Å². The van der Waals surface area contributed by atoms with E-state index in [9.17, 15) is 0 Å². The molecule has 1 aromatic carbocycles. The van der Waals surface area contributed by atoms with E-state index in [1.807, 2.05) is 7.11 Å². The maximum Gasteiger partial charge on any atom is 0.119 e. The Kier molecular flexibility index (Phi) is 3.27. The van der Waals surface area contributed by atoms with Crippen LogP contribution >= 0.6 is 0 Å². The smallest absolute Gasteiger partial charge is 0.119 e. The normalized spacial score (nSPS) is 31.1. The molecule has 1 saturated heterocycles. The first kappa shape index (κ1) is 13.4. The highest BCUT2D eigenvalue weighted by Crippen LogP contribution is 2.45. The van der Waals surface area contributed by atoms with Crippen LogP contribution in [0.5, 0.6) is 5.75 Å². The third kappa shape index (κ3) is 2.11. The van der Waals surface area contributed by atoms with Crippen molar-refractivity contribution < 1.29 is 9.47 Å². The van der Waals surface area contributed by atoms with E-state index in [0.29, 0.717) is 12.0 Å². The molecule has 3 nitrogen and oxygen atoms in total. The molecule has 2 heterocycles. The van der Waals surface area contributed by atoms with Crippen LogP contribution in [0.1, 0.15) is 29.9 Å². The summed E-state index contributed by atoms with van der Waals surface area (Å²) in [5, 5.41) is 0. The number of rotatable bonds is 2. The van der Waals surface area contributed by atoms with Crippen LogP contribution < -0.4 is 4.74 Å². The van der Waals surface area contributed by atoms with Crippen molar-refractivity contribution in [1.29, 1.82) is 0 Å². The van der Waals surface area contributed by atoms with E-state index in [-0.39, 0.29) is 6.10 Å². The lowest BCUT2D eigenvalue weighted by atomic mass is 9.77. The molecule has 1 aliphatic carbocycles. The molecule has 0 unspecified atom stereocenters. The molecule has 0 bridgehead atoms. The first-order chi connectivity index (χ1) is 10.3. The number of hydrogen-bond acceptors (Lipinski definition) is 3. The van der Waals surface area contributed by atoms with Crippen LogP contribution in [0.3, 0.4) is 0 Å². The van der Waals surface area contributed by atoms with Gasteiger partial charge in [-0.3, -0.25) is 4.90 Å². The minimum atomic E-state index is 0.262. The second-order valence-corrected chi connectivity index (χ2v) is 6.40. The van der Waals surface area contributed by atoms with E-state index in [1.54, 1.807) is 12.7 Å². The van der Waals surface area contributed by atoms with Crippen molar-refractivity contribution in [3.63, 3.8) is 0 Å². The lowest BCUT2D eigenvalue weighted by Crippen LogP contribution is -2.38. The molecule has 0 radical (unpaired) electrons. The number of nitrogens with zero attached hydrogens (tertiary/aromatic N) is 1. The fraction of sp³-hybridized carbons (Fsp3) is 0.556. The molecular formula is C18H23NO2. The summed E-state index contributed by atoms with van der Waals surface area (Å²) < 4.78 is 11.1. The Labute approximate surface area is 126 Å². The highest BCUT2D eigenvalue weighted by molar-refractivity contribution is 5.43. The number of hydrogen-bond donors (Lipinski definition) is 0. The van der Waals surface area contributed by atoms with Crippen LogP contribution in [-0.4, -0.2) is 44.4 Å². The Morgan fingerprint density at radius 2 is 2.00 bits per heavy atom. The molecule has 21 heavy (non-hydrogen) atoms. The molecule has 0 amide bonds. The van der Waals surface area contributed by atoms with E-state index in [4.69, 9.17) is 9.47 Å². The zero-order valence-corrected chi connectivity index (χ0v) is 12.8. The van der Waals surface area contributed by atoms with Crippen molar-refractivity contribution in [1.82, 2.24) is 4.90 Å². The molecule has 1 fully saturated rings. The van der Waals surface area contributed by atoms with E-state index in [0.717, 1.165) is 18.6 Å². The molecule has 3 atom stereocenters. The van der Waals surface area contributed by atoms with Gasteiger partial charge in [0.1, 0.15) is 5.75 Å². The van der Waals surface area contributed by atoms with Gasteiger partial charge in [0.2, 0.25) is 0 Å². The molecule has 0 saturated carbocycles. The summed E-state index contributed by atoms with van der Waals surface area (Å²) in [5.41, 5.74) is 4.57. The van der Waals surface area contributed by atoms with E-state index >= 15 is 0 Å². The average molecular weight is 285 g/mol. The van der Waals surface area contributed by atoms with Crippen LogP contribution in [0.15, 0.2) is 29.8 Å². The van der Waals surface area contributed by atoms with Crippen LogP contribution in [0.2, 0.25) is 0 Å². The summed E-state index contributed by atoms with van der Waals surface area (Å²) in [7, 11) is 3.59. The lowest BCUT2D eigenvalue weighted by molar-refractivity contribution is 0.106. The minimum Gasteiger partial charge on any atom is -0.497 e. The largest absolute Gasteiger partial charge is 0.497 e. The summed E-state index contributed by atoms with van der Waals surface area (Å²) in [5.74, 6) is 1.52. The fourth-order valence-electron chi connectivity index (χ4n) is 4.42. The summed E-state index contributed by atoms with van der Waals surface area (Å²) in [6.45, 7) is 2.38. The Morgan fingerprint density at radius 3 is 2.81 bits per heavy atom. The van der Waals surface area contributed by atoms with Gasteiger partial charge in [-0.25, -0.2) is 0 Å². The molecule has 0 aromatic heterocycles. The SMILES string of the molecule is COc1ccc2c(c1)[C@@H]1C[C@H](OC)C=C3CCN(CC2)[C@H]31. The standard InChI is InChI=1S/C18H23NO2/c1-20-14-4-3-12-5-7-19-8-6-13-9-15(21-2)11-17(18(13)19)16(12)10-14/h3-4,9-10,15,17-18H,5-8,11H2,1-2H3/t15-,17+,18-/m1/s1. The summed E-state index contributed by atoms with van der Waals surface area (Å²) in [6, 6.07) is 7.21. The number of fused-ring (bicyclic) bond motifs is 2. The highest BCUT2D eigenvalue weighted by Gasteiger charge is 2.42. The zero-order valence-electron chi connectivity index (χ0n) is 12.8. The summed E-state index contributed by atoms with van der Waals surface area (Å²) in [4.78, 5) is 2.68. The second-order valence-electron chi connectivity index (χ2n) is 6.40. The quantitative estimate of drug-likeness (QED) is 0.780. The monoisotopic (exact) mass is 285 g/mol. The summed E-state index contributed by atoms with van der Waals surface area (Å²) in [6.07, 6.45) is 6.09. The highest BCUT2D eigenvalue weighted by atomic mass is 16.5. The van der Waals surface area contributed by atoms with Crippen molar-refractivity contribution in [2.75, 3.05) is 27.3 Å². The predicted octanol–water partition coefficient (Wildman–Crippen LogP) is 2.75. The van der Waals surface area contributed by atoms with Gasteiger partial charge in [-0.05, 0) is 42.5 Å². The zero-order chi connectivity index (χ0) is 14.4. The van der Waals surface area contributed by atoms with Gasteiger partial charge in [0.05, 0.1) is 13.2 Å². The second kappa shape index (κ2) is 5.15. The molecule has 3 heteroatoms. The third-order valence-electron chi connectivity index (χ3n) is 5.45. The van der Waals surface area contributed by atoms with Crippen LogP contribution in [0.4, 0.5) is 0 Å². The maximum absolute atomic E-state index is 5.68. The van der Waals surface area contributed by atoms with Gasteiger partial charge in [0, 0.05) is 32.2 Å². The Balaban J connectivity index is 1.81. The molecule has 112 valence electrons. The van der Waals surface area contributed by atoms with E-state index < -0.39 is 0 Å². The molecule has 1 aromatic rings. The van der Waals surface area contributed by atoms with Crippen molar-refractivity contribution >= 4 is 0 Å². The maximum atomic E-state index is 5.68. The van der Waals surface area contributed by atoms with Crippen LogP contribution in [0, 0.1) is 0 Å². The molecule has 4 rings (SSSR count). The van der Waals surface area contributed by atoms with Crippen molar-refractivity contribution in [2.45, 2.75) is 37.3 Å². The lowest BCUT2D eigenvalue weighted by Gasteiger charge is -2.36. The fourth-order valence-corrected chi connectivity index (χ4v) is 4.42. The Bertz CT molecular complexity index is 581. The number of ether oxygens (including phenoxy) is 2. The van der Waals surface area contributed by atoms with Gasteiger partial charge in [0.15, 0.2) is 0 Å². The topological polar surface area (TPSA) is 21.7 Å². The minimum absolute atomic E-state index is 0.262. The van der Waals surface area contributed by atoms with Crippen molar-refractivity contribution in [2.24, 2.45) is 0 Å². The van der Waals surface area contributed by atoms with Gasteiger partial charge in [-0.1, -0.05) is 17.7 Å². The molecule has 2 aliphatic heterocycles. The van der Waals surface area contributed by atoms with E-state index in [1.165, 1.54) is 30.6 Å². The molecule has 0 spiro atoms. The van der Waals surface area contributed by atoms with Gasteiger partial charge >= 0.3 is 0 Å². The Morgan fingerprint density at radius 1 is 1.14 bits per heavy atom. The van der Waals surface area contributed by atoms with Crippen molar-refractivity contribution in [3.8, 4) is 5.75 Å². The first-order valence-electron chi connectivity index (χ1n) is 7.94. The van der Waals surface area contributed by atoms with Gasteiger partial charge in [0.25, 0.3) is 0 Å². The Hall–Kier alpha value is -1.32.